The zero-order valence-corrected chi connectivity index (χ0v) is 17.6. The number of carbonyl (C=O) groups excluding carboxylic acids is 1. The molecule has 1 aromatic carbocycles. The van der Waals surface area contributed by atoms with E-state index in [1.165, 1.54) is 14.0 Å². The molecule has 2 heterocycles. The Bertz CT molecular complexity index is 1190. The van der Waals surface area contributed by atoms with Crippen molar-refractivity contribution in [2.75, 3.05) is 11.9 Å². The van der Waals surface area contributed by atoms with Gasteiger partial charge in [0.1, 0.15) is 17.3 Å². The Hall–Kier alpha value is -2.90. The molecule has 1 aliphatic heterocycles. The van der Waals surface area contributed by atoms with Crippen LogP contribution >= 0.6 is 0 Å². The van der Waals surface area contributed by atoms with Crippen LogP contribution in [-0.4, -0.2) is 42.2 Å². The Morgan fingerprint density at radius 2 is 2.06 bits per heavy atom. The van der Waals surface area contributed by atoms with E-state index >= 15 is 0 Å². The molecule has 1 aliphatic rings. The van der Waals surface area contributed by atoms with Crippen LogP contribution in [-0.2, 0) is 23.2 Å². The number of rotatable bonds is 4. The van der Waals surface area contributed by atoms with Crippen LogP contribution in [0.25, 0.3) is 0 Å². The van der Waals surface area contributed by atoms with Gasteiger partial charge in [-0.3, -0.25) is 4.79 Å². The number of alkyl halides is 3. The van der Waals surface area contributed by atoms with Crippen molar-refractivity contribution in [3.05, 3.63) is 54.1 Å². The molecular weight excluding hydrogens is 458 g/mol. The Labute approximate surface area is 180 Å². The number of carbonyl (C=O) groups is 1. The molecule has 1 aromatic heterocycles. The summed E-state index contributed by atoms with van der Waals surface area (Å²) in [4.78, 5) is 12.4. The summed E-state index contributed by atoms with van der Waals surface area (Å²) in [6, 6.07) is 0.771. The molecule has 2 aromatic rings. The number of halogens is 4. The van der Waals surface area contributed by atoms with Gasteiger partial charge in [0.05, 0.1) is 17.2 Å². The van der Waals surface area contributed by atoms with Gasteiger partial charge in [0.2, 0.25) is 10.0 Å². The maximum atomic E-state index is 13.5. The summed E-state index contributed by atoms with van der Waals surface area (Å²) < 4.78 is 86.8. The molecule has 174 valence electrons. The third kappa shape index (κ3) is 4.36. The zero-order valence-electron chi connectivity index (χ0n) is 16.8. The number of fused-ring (bicyclic) bond motifs is 1. The first-order valence-corrected chi connectivity index (χ1v) is 10.5. The van der Waals surface area contributed by atoms with Crippen molar-refractivity contribution in [1.82, 2.24) is 9.29 Å². The van der Waals surface area contributed by atoms with Crippen LogP contribution in [0.1, 0.15) is 23.0 Å². The van der Waals surface area contributed by atoms with E-state index in [1.807, 2.05) is 0 Å². The summed E-state index contributed by atoms with van der Waals surface area (Å²) in [6.45, 7) is 4.39. The van der Waals surface area contributed by atoms with Crippen LogP contribution in [0.2, 0.25) is 0 Å². The zero-order chi connectivity index (χ0) is 24.1. The number of nitrogens with one attached hydrogen (secondary N) is 2. The summed E-state index contributed by atoms with van der Waals surface area (Å²) in [5.74, 6) is -2.85. The smallest absolute Gasteiger partial charge is 0.419 e. The van der Waals surface area contributed by atoms with Crippen molar-refractivity contribution < 1.29 is 40.6 Å². The molecule has 1 unspecified atom stereocenters. The second-order valence-electron chi connectivity index (χ2n) is 7.34. The first-order valence-electron chi connectivity index (χ1n) is 9.06. The lowest BCUT2D eigenvalue weighted by Crippen LogP contribution is -2.51. The molecule has 0 fully saturated rings. The van der Waals surface area contributed by atoms with Gasteiger partial charge in [-0.05, 0) is 25.1 Å². The largest absolute Gasteiger partial charge is 0.488 e. The van der Waals surface area contributed by atoms with Crippen LogP contribution in [0.5, 0.6) is 5.75 Å². The van der Waals surface area contributed by atoms with Crippen molar-refractivity contribution in [2.45, 2.75) is 29.6 Å². The van der Waals surface area contributed by atoms with Crippen molar-refractivity contribution in [1.29, 1.82) is 0 Å². The van der Waals surface area contributed by atoms with Gasteiger partial charge in [0.15, 0.2) is 11.4 Å². The lowest BCUT2D eigenvalue weighted by molar-refractivity contribution is -0.139. The van der Waals surface area contributed by atoms with Crippen molar-refractivity contribution in [2.24, 2.45) is 7.05 Å². The highest BCUT2D eigenvalue weighted by Crippen LogP contribution is 2.35. The second-order valence-corrected chi connectivity index (χ2v) is 9.03. The maximum absolute atomic E-state index is 13.5. The molecule has 0 saturated carbocycles. The molecule has 0 saturated heterocycles. The molecule has 0 bridgehead atoms. The van der Waals surface area contributed by atoms with Gasteiger partial charge in [-0.1, -0.05) is 6.08 Å². The quantitative estimate of drug-likeness (QED) is 0.463. The van der Waals surface area contributed by atoms with Crippen molar-refractivity contribution >= 4 is 21.6 Å². The molecule has 32 heavy (non-hydrogen) atoms. The van der Waals surface area contributed by atoms with Crippen molar-refractivity contribution in [3.8, 4) is 5.75 Å². The molecule has 0 aliphatic carbocycles. The van der Waals surface area contributed by atoms with Crippen LogP contribution < -0.4 is 14.8 Å². The Balaban J connectivity index is 1.98. The fraction of sp³-hybridized carbons (Fsp3) is 0.316. The summed E-state index contributed by atoms with van der Waals surface area (Å²) in [5, 5.41) is 12.5. The number of hydrogen-bond donors (Lipinski definition) is 3. The lowest BCUT2D eigenvalue weighted by atomic mass is 9.98. The van der Waals surface area contributed by atoms with Gasteiger partial charge in [0, 0.05) is 18.9 Å². The van der Waals surface area contributed by atoms with Gasteiger partial charge in [-0.25, -0.2) is 17.5 Å². The number of aryl methyl sites for hydroxylation is 1. The van der Waals surface area contributed by atoms with E-state index < -0.39 is 50.0 Å². The fourth-order valence-corrected chi connectivity index (χ4v) is 4.57. The highest BCUT2D eigenvalue weighted by molar-refractivity contribution is 7.89. The summed E-state index contributed by atoms with van der Waals surface area (Å²) >= 11 is 0. The average Bonchev–Trinajstić information content (AvgIpc) is 2.96. The average molecular weight is 477 g/mol. The maximum Gasteiger partial charge on any atom is 0.419 e. The summed E-state index contributed by atoms with van der Waals surface area (Å²) in [7, 11) is -2.90. The van der Waals surface area contributed by atoms with E-state index in [-0.39, 0.29) is 23.7 Å². The molecule has 1 amide bonds. The first-order chi connectivity index (χ1) is 14.7. The summed E-state index contributed by atoms with van der Waals surface area (Å²) in [6.07, 6.45) is -2.77. The van der Waals surface area contributed by atoms with Gasteiger partial charge in [-0.15, -0.1) is 6.58 Å². The molecule has 13 heteroatoms. The Morgan fingerprint density at radius 1 is 1.41 bits per heavy atom. The number of sulfonamides is 1. The molecule has 0 spiro atoms. The van der Waals surface area contributed by atoms with Gasteiger partial charge in [-0.2, -0.15) is 13.2 Å². The first kappa shape index (κ1) is 23.8. The highest BCUT2D eigenvalue weighted by Gasteiger charge is 2.40. The van der Waals surface area contributed by atoms with Gasteiger partial charge in [0.25, 0.3) is 5.91 Å². The monoisotopic (exact) mass is 477 g/mol. The number of aliphatic hydroxyl groups is 1. The normalized spacial score (nSPS) is 19.8. The number of nitrogens with zero attached hydrogens (tertiary/aromatic N) is 1. The fourth-order valence-electron chi connectivity index (χ4n) is 3.06. The standard InChI is InChI=1S/C19H19F4N3O5S/c1-4-18(2,28)14-9-31-16-13(32(29,30)25-14)8-26(3)15(16)17(27)24-10-5-6-12(20)11(7-10)19(21,22)23/h4-8,14,25,28H,1,9H2,2-3H3,(H,24,27)/t14-,18?/m1/s1. The van der Waals surface area contributed by atoms with E-state index in [1.54, 1.807) is 0 Å². The second kappa shape index (κ2) is 7.90. The van der Waals surface area contributed by atoms with E-state index in [2.05, 4.69) is 16.6 Å². The minimum atomic E-state index is -4.98. The highest BCUT2D eigenvalue weighted by atomic mass is 32.2. The van der Waals surface area contributed by atoms with E-state index in [4.69, 9.17) is 4.74 Å². The van der Waals surface area contributed by atoms with Crippen LogP contribution in [0.15, 0.2) is 41.9 Å². The third-order valence-electron chi connectivity index (χ3n) is 4.95. The SMILES string of the molecule is C=CC(C)(O)[C@H]1COc2c(cn(C)c2C(=O)Nc2ccc(F)c(C(F)(F)F)c2)S(=O)(=O)N1. The van der Waals surface area contributed by atoms with Gasteiger partial charge < -0.3 is 19.7 Å². The predicted octanol–water partition coefficient (Wildman–Crippen LogP) is 2.41. The van der Waals surface area contributed by atoms with Crippen LogP contribution in [0, 0.1) is 5.82 Å². The number of ether oxygens (including phenoxy) is 1. The van der Waals surface area contributed by atoms with Crippen LogP contribution in [0.3, 0.4) is 0 Å². The Morgan fingerprint density at radius 3 is 2.66 bits per heavy atom. The van der Waals surface area contributed by atoms with Gasteiger partial charge >= 0.3 is 6.18 Å². The summed E-state index contributed by atoms with van der Waals surface area (Å²) in [5.41, 5.74) is -3.91. The van der Waals surface area contributed by atoms with Crippen LogP contribution in [0.4, 0.5) is 23.2 Å². The minimum Gasteiger partial charge on any atom is -0.488 e. The molecule has 2 atom stereocenters. The predicted molar refractivity (Wildman–Crippen MR) is 105 cm³/mol. The van der Waals surface area contributed by atoms with E-state index in [0.29, 0.717) is 12.1 Å². The number of amides is 1. The van der Waals surface area contributed by atoms with E-state index in [0.717, 1.165) is 22.9 Å². The molecule has 3 N–H and O–H groups in total. The van der Waals surface area contributed by atoms with E-state index in [9.17, 15) is 35.9 Å². The Kier molecular flexibility index (Phi) is 5.87. The molecule has 8 nitrogen and oxygen atoms in total. The number of aromatic nitrogens is 1. The van der Waals surface area contributed by atoms with Crippen molar-refractivity contribution in [3.63, 3.8) is 0 Å². The molecule has 3 rings (SSSR count). The molecule has 0 radical (unpaired) electrons. The number of benzene rings is 1. The number of anilines is 1. The third-order valence-corrected chi connectivity index (χ3v) is 6.41. The lowest BCUT2D eigenvalue weighted by Gasteiger charge is -2.28. The molecular formula is C19H19F4N3O5S. The topological polar surface area (TPSA) is 110 Å². The number of hydrogen-bond acceptors (Lipinski definition) is 5. The minimum absolute atomic E-state index is 0.304.